The van der Waals surface area contributed by atoms with E-state index in [1.54, 1.807) is 0 Å². The standard InChI is InChI=1S/C11H13N3/c1-14-10-5-4-8(12)6-9(10)11(13-14)7-2-3-7/h4-7H,2-3,12H2,1H3. The Bertz CT molecular complexity index is 494. The van der Waals surface area contributed by atoms with Gasteiger partial charge in [-0.15, -0.1) is 0 Å². The van der Waals surface area contributed by atoms with E-state index in [2.05, 4.69) is 5.10 Å². The Morgan fingerprint density at radius 2 is 2.21 bits per heavy atom. The van der Waals surface area contributed by atoms with Gasteiger partial charge in [0.05, 0.1) is 11.2 Å². The summed E-state index contributed by atoms with van der Waals surface area (Å²) in [5, 5.41) is 5.79. The summed E-state index contributed by atoms with van der Waals surface area (Å²) in [6.45, 7) is 0. The second-order valence-corrected chi connectivity index (χ2v) is 4.06. The number of aryl methyl sites for hydroxylation is 1. The highest BCUT2D eigenvalue weighted by Crippen LogP contribution is 2.42. The molecule has 0 aliphatic heterocycles. The predicted octanol–water partition coefficient (Wildman–Crippen LogP) is 2.03. The zero-order chi connectivity index (χ0) is 9.71. The zero-order valence-electron chi connectivity index (χ0n) is 8.20. The normalized spacial score (nSPS) is 16.4. The van der Waals surface area contributed by atoms with E-state index in [4.69, 9.17) is 5.73 Å². The molecule has 0 saturated heterocycles. The second-order valence-electron chi connectivity index (χ2n) is 4.06. The summed E-state index contributed by atoms with van der Waals surface area (Å²) in [6, 6.07) is 6.01. The van der Waals surface area contributed by atoms with Crippen molar-refractivity contribution in [3.63, 3.8) is 0 Å². The van der Waals surface area contributed by atoms with Crippen molar-refractivity contribution in [1.82, 2.24) is 9.78 Å². The van der Waals surface area contributed by atoms with Crippen molar-refractivity contribution >= 4 is 16.6 Å². The average Bonchev–Trinajstić information content (AvgIpc) is 2.93. The van der Waals surface area contributed by atoms with E-state index in [1.165, 1.54) is 29.4 Å². The lowest BCUT2D eigenvalue weighted by Crippen LogP contribution is -1.90. The van der Waals surface area contributed by atoms with Gasteiger partial charge in [-0.3, -0.25) is 4.68 Å². The second kappa shape index (κ2) is 2.50. The first kappa shape index (κ1) is 7.85. The summed E-state index contributed by atoms with van der Waals surface area (Å²) in [7, 11) is 1.99. The highest BCUT2D eigenvalue weighted by Gasteiger charge is 2.28. The van der Waals surface area contributed by atoms with Crippen molar-refractivity contribution in [2.24, 2.45) is 7.05 Å². The van der Waals surface area contributed by atoms with E-state index in [0.717, 1.165) is 5.69 Å². The molecule has 1 heterocycles. The number of nitrogens with two attached hydrogens (primary N) is 1. The molecule has 1 fully saturated rings. The monoisotopic (exact) mass is 187 g/mol. The molecule has 14 heavy (non-hydrogen) atoms. The van der Waals surface area contributed by atoms with Crippen LogP contribution in [-0.4, -0.2) is 9.78 Å². The lowest BCUT2D eigenvalue weighted by Gasteiger charge is -1.95. The maximum absolute atomic E-state index is 5.79. The lowest BCUT2D eigenvalue weighted by molar-refractivity contribution is 0.767. The molecule has 0 unspecified atom stereocenters. The first-order valence-corrected chi connectivity index (χ1v) is 4.98. The van der Waals surface area contributed by atoms with Crippen molar-refractivity contribution < 1.29 is 0 Å². The van der Waals surface area contributed by atoms with Crippen molar-refractivity contribution in [1.29, 1.82) is 0 Å². The summed E-state index contributed by atoms with van der Waals surface area (Å²) in [5.41, 5.74) is 9.02. The van der Waals surface area contributed by atoms with Gasteiger partial charge in [0, 0.05) is 24.0 Å². The van der Waals surface area contributed by atoms with E-state index < -0.39 is 0 Å². The Hall–Kier alpha value is -1.51. The number of nitrogens with zero attached hydrogens (tertiary/aromatic N) is 2. The van der Waals surface area contributed by atoms with Crippen LogP contribution in [0.1, 0.15) is 24.5 Å². The SMILES string of the molecule is Cn1nc(C2CC2)c2cc(N)ccc21. The predicted molar refractivity (Wildman–Crippen MR) is 57.1 cm³/mol. The summed E-state index contributed by atoms with van der Waals surface area (Å²) < 4.78 is 1.95. The van der Waals surface area contributed by atoms with Crippen LogP contribution >= 0.6 is 0 Å². The van der Waals surface area contributed by atoms with Crippen LogP contribution in [0.4, 0.5) is 5.69 Å². The van der Waals surface area contributed by atoms with Crippen LogP contribution in [0.25, 0.3) is 10.9 Å². The van der Waals surface area contributed by atoms with Crippen LogP contribution in [0.2, 0.25) is 0 Å². The van der Waals surface area contributed by atoms with Gasteiger partial charge in [-0.05, 0) is 31.0 Å². The molecular weight excluding hydrogens is 174 g/mol. The minimum absolute atomic E-state index is 0.681. The van der Waals surface area contributed by atoms with Gasteiger partial charge in [0.15, 0.2) is 0 Å². The molecule has 0 bridgehead atoms. The molecule has 3 heteroatoms. The van der Waals surface area contributed by atoms with Gasteiger partial charge >= 0.3 is 0 Å². The number of aromatic nitrogens is 2. The molecule has 1 saturated carbocycles. The molecule has 0 atom stereocenters. The van der Waals surface area contributed by atoms with Crippen LogP contribution in [0.3, 0.4) is 0 Å². The Balaban J connectivity index is 2.33. The van der Waals surface area contributed by atoms with Gasteiger partial charge in [-0.25, -0.2) is 0 Å². The van der Waals surface area contributed by atoms with Gasteiger partial charge < -0.3 is 5.73 Å². The van der Waals surface area contributed by atoms with Crippen molar-refractivity contribution in [3.8, 4) is 0 Å². The van der Waals surface area contributed by atoms with Crippen LogP contribution in [0, 0.1) is 0 Å². The molecule has 3 nitrogen and oxygen atoms in total. The molecule has 1 aliphatic carbocycles. The van der Waals surface area contributed by atoms with E-state index in [0.29, 0.717) is 5.92 Å². The maximum atomic E-state index is 5.79. The summed E-state index contributed by atoms with van der Waals surface area (Å²) in [5.74, 6) is 0.681. The molecule has 0 spiro atoms. The number of rotatable bonds is 1. The zero-order valence-corrected chi connectivity index (χ0v) is 8.20. The molecule has 0 radical (unpaired) electrons. The minimum atomic E-state index is 0.681. The molecule has 0 amide bonds. The van der Waals surface area contributed by atoms with Crippen LogP contribution < -0.4 is 5.73 Å². The molecular formula is C11H13N3. The molecule has 2 aromatic rings. The Kier molecular flexibility index (Phi) is 1.40. The third-order valence-electron chi connectivity index (χ3n) is 2.87. The lowest BCUT2D eigenvalue weighted by atomic mass is 10.1. The largest absolute Gasteiger partial charge is 0.399 e. The third kappa shape index (κ3) is 1.02. The minimum Gasteiger partial charge on any atom is -0.399 e. The Morgan fingerprint density at radius 1 is 1.43 bits per heavy atom. The molecule has 72 valence electrons. The van der Waals surface area contributed by atoms with Gasteiger partial charge in [0.2, 0.25) is 0 Å². The Labute approximate surface area is 82.5 Å². The van der Waals surface area contributed by atoms with Gasteiger partial charge in [0.25, 0.3) is 0 Å². The summed E-state index contributed by atoms with van der Waals surface area (Å²) in [4.78, 5) is 0. The van der Waals surface area contributed by atoms with Gasteiger partial charge in [0.1, 0.15) is 0 Å². The summed E-state index contributed by atoms with van der Waals surface area (Å²) in [6.07, 6.45) is 2.56. The number of benzene rings is 1. The smallest absolute Gasteiger partial charge is 0.0734 e. The van der Waals surface area contributed by atoms with E-state index in [1.807, 2.05) is 29.9 Å². The number of nitrogen functional groups attached to an aromatic ring is 1. The quantitative estimate of drug-likeness (QED) is 0.694. The van der Waals surface area contributed by atoms with Gasteiger partial charge in [-0.1, -0.05) is 0 Å². The number of fused-ring (bicyclic) bond motifs is 1. The number of hydrogen-bond acceptors (Lipinski definition) is 2. The first-order valence-electron chi connectivity index (χ1n) is 4.98. The molecule has 2 N–H and O–H groups in total. The highest BCUT2D eigenvalue weighted by molar-refractivity contribution is 5.85. The maximum Gasteiger partial charge on any atom is 0.0734 e. The third-order valence-corrected chi connectivity index (χ3v) is 2.87. The van der Waals surface area contributed by atoms with Crippen molar-refractivity contribution in [2.45, 2.75) is 18.8 Å². The number of anilines is 1. The van der Waals surface area contributed by atoms with Crippen LogP contribution in [0.5, 0.6) is 0 Å². The fraction of sp³-hybridized carbons (Fsp3) is 0.364. The first-order chi connectivity index (χ1) is 6.75. The molecule has 1 aromatic heterocycles. The van der Waals surface area contributed by atoms with E-state index in [-0.39, 0.29) is 0 Å². The molecule has 1 aliphatic rings. The fourth-order valence-electron chi connectivity index (χ4n) is 1.97. The topological polar surface area (TPSA) is 43.8 Å². The van der Waals surface area contributed by atoms with Crippen LogP contribution in [0.15, 0.2) is 18.2 Å². The fourth-order valence-corrected chi connectivity index (χ4v) is 1.97. The summed E-state index contributed by atoms with van der Waals surface area (Å²) >= 11 is 0. The Morgan fingerprint density at radius 3 is 2.93 bits per heavy atom. The highest BCUT2D eigenvalue weighted by atomic mass is 15.3. The van der Waals surface area contributed by atoms with Gasteiger partial charge in [-0.2, -0.15) is 5.10 Å². The van der Waals surface area contributed by atoms with Crippen LogP contribution in [-0.2, 0) is 7.05 Å². The number of hydrogen-bond donors (Lipinski definition) is 1. The molecule has 3 rings (SSSR count). The van der Waals surface area contributed by atoms with E-state index >= 15 is 0 Å². The van der Waals surface area contributed by atoms with Crippen molar-refractivity contribution in [3.05, 3.63) is 23.9 Å². The van der Waals surface area contributed by atoms with E-state index in [9.17, 15) is 0 Å². The average molecular weight is 187 g/mol. The van der Waals surface area contributed by atoms with Crippen molar-refractivity contribution in [2.75, 3.05) is 5.73 Å². The molecule has 1 aromatic carbocycles.